The Hall–Kier alpha value is -1.81. The van der Waals surface area contributed by atoms with Crippen LogP contribution in [0.4, 0.5) is 4.39 Å². The topological polar surface area (TPSA) is 25.8 Å². The minimum Gasteiger partial charge on any atom is -0.245 e. The predicted octanol–water partition coefficient (Wildman–Crippen LogP) is 4.42. The molecule has 19 heavy (non-hydrogen) atoms. The Morgan fingerprint density at radius 3 is 2.79 bits per heavy atom. The van der Waals surface area contributed by atoms with Crippen molar-refractivity contribution in [1.29, 1.82) is 0 Å². The Labute approximate surface area is 115 Å². The van der Waals surface area contributed by atoms with Gasteiger partial charge in [-0.3, -0.25) is 0 Å². The summed E-state index contributed by atoms with van der Waals surface area (Å²) in [7, 11) is 0. The average Bonchev–Trinajstić information content (AvgIpc) is 2.89. The number of hydrogen-bond donors (Lipinski definition) is 0. The lowest BCUT2D eigenvalue weighted by molar-refractivity contribution is 0.641. The minimum atomic E-state index is -0.296. The summed E-state index contributed by atoms with van der Waals surface area (Å²) in [5.74, 6) is 0.0386. The van der Waals surface area contributed by atoms with E-state index in [1.165, 1.54) is 11.3 Å². The van der Waals surface area contributed by atoms with Gasteiger partial charge < -0.3 is 0 Å². The third-order valence-electron chi connectivity index (χ3n) is 2.98. The van der Waals surface area contributed by atoms with Gasteiger partial charge in [0.25, 0.3) is 0 Å². The molecule has 0 unspecified atom stereocenters. The molecule has 0 N–H and O–H groups in total. The molecule has 0 saturated carbocycles. The summed E-state index contributed by atoms with van der Waals surface area (Å²) in [6, 6.07) is 7.15. The van der Waals surface area contributed by atoms with E-state index in [0.717, 1.165) is 5.69 Å². The molecule has 2 nitrogen and oxygen atoms in total. The van der Waals surface area contributed by atoms with Crippen molar-refractivity contribution in [1.82, 2.24) is 9.97 Å². The van der Waals surface area contributed by atoms with Gasteiger partial charge in [-0.25, -0.2) is 14.4 Å². The Balaban J connectivity index is 2.16. The molecule has 0 aliphatic carbocycles. The van der Waals surface area contributed by atoms with Gasteiger partial charge in [0.05, 0.1) is 16.8 Å². The Kier molecular flexibility index (Phi) is 3.03. The molecule has 3 aromatic rings. The second-order valence-electron chi connectivity index (χ2n) is 4.66. The molecule has 3 rings (SSSR count). The van der Waals surface area contributed by atoms with Crippen molar-refractivity contribution in [2.24, 2.45) is 0 Å². The molecule has 1 aromatic carbocycles. The van der Waals surface area contributed by atoms with Gasteiger partial charge in [0.1, 0.15) is 17.0 Å². The van der Waals surface area contributed by atoms with Crippen molar-refractivity contribution in [2.75, 3.05) is 0 Å². The number of pyridine rings is 1. The van der Waals surface area contributed by atoms with Crippen LogP contribution in [0.3, 0.4) is 0 Å². The molecule has 0 fully saturated rings. The smallest absolute Gasteiger partial charge is 0.145 e. The summed E-state index contributed by atoms with van der Waals surface area (Å²) in [6.45, 7) is 4.13. The van der Waals surface area contributed by atoms with Crippen LogP contribution in [-0.4, -0.2) is 9.97 Å². The molecular weight excluding hydrogens is 259 g/mol. The highest BCUT2D eigenvalue weighted by Crippen LogP contribution is 2.30. The van der Waals surface area contributed by atoms with E-state index in [9.17, 15) is 4.39 Å². The maximum Gasteiger partial charge on any atom is 0.145 e. The molecule has 0 bridgehead atoms. The number of hydrogen-bond acceptors (Lipinski definition) is 3. The normalized spacial score (nSPS) is 11.4. The zero-order valence-corrected chi connectivity index (χ0v) is 11.5. The van der Waals surface area contributed by atoms with Crippen LogP contribution in [0.2, 0.25) is 0 Å². The zero-order valence-electron chi connectivity index (χ0n) is 10.6. The molecule has 0 saturated heterocycles. The molecule has 0 aliphatic rings. The van der Waals surface area contributed by atoms with Gasteiger partial charge >= 0.3 is 0 Å². The number of thiazole rings is 1. The number of rotatable bonds is 2. The zero-order chi connectivity index (χ0) is 13.4. The number of halogens is 1. The van der Waals surface area contributed by atoms with Gasteiger partial charge in [0.2, 0.25) is 0 Å². The fourth-order valence-corrected chi connectivity index (χ4v) is 2.83. The maximum absolute atomic E-state index is 14.5. The summed E-state index contributed by atoms with van der Waals surface area (Å²) in [4.78, 5) is 8.63. The third kappa shape index (κ3) is 2.12. The molecule has 0 amide bonds. The number of fused-ring (bicyclic) bond motifs is 1. The molecule has 95 valence electrons. The lowest BCUT2D eigenvalue weighted by Gasteiger charge is -2.02. The summed E-state index contributed by atoms with van der Waals surface area (Å²) >= 11 is 1.43. The highest BCUT2D eigenvalue weighted by Gasteiger charge is 2.14. The van der Waals surface area contributed by atoms with Crippen LogP contribution in [0.1, 0.15) is 25.5 Å². The lowest BCUT2D eigenvalue weighted by atomic mass is 10.1. The Bertz CT molecular complexity index is 734. The van der Waals surface area contributed by atoms with E-state index in [1.54, 1.807) is 18.2 Å². The number of para-hydroxylation sites is 1. The van der Waals surface area contributed by atoms with Crippen LogP contribution in [0.25, 0.3) is 21.5 Å². The van der Waals surface area contributed by atoms with Crippen molar-refractivity contribution in [2.45, 2.75) is 19.8 Å². The van der Waals surface area contributed by atoms with E-state index in [0.29, 0.717) is 27.4 Å². The Morgan fingerprint density at radius 1 is 1.26 bits per heavy atom. The Morgan fingerprint density at radius 2 is 2.05 bits per heavy atom. The molecule has 0 spiro atoms. The van der Waals surface area contributed by atoms with Crippen molar-refractivity contribution in [3.63, 3.8) is 0 Å². The fraction of sp³-hybridized carbons (Fsp3) is 0.200. The first-order valence-corrected chi connectivity index (χ1v) is 6.96. The second kappa shape index (κ2) is 4.70. The van der Waals surface area contributed by atoms with Gasteiger partial charge in [0, 0.05) is 10.8 Å². The molecular formula is C15H12FN2S. The maximum atomic E-state index is 14.5. The van der Waals surface area contributed by atoms with Crippen molar-refractivity contribution < 1.29 is 4.39 Å². The van der Waals surface area contributed by atoms with Crippen LogP contribution in [0.5, 0.6) is 0 Å². The van der Waals surface area contributed by atoms with E-state index in [4.69, 9.17) is 0 Å². The molecule has 0 aliphatic heterocycles. The first-order chi connectivity index (χ1) is 9.16. The number of nitrogens with zero attached hydrogens (tertiary/aromatic N) is 2. The van der Waals surface area contributed by atoms with Gasteiger partial charge in [-0.05, 0) is 18.1 Å². The fourth-order valence-electron chi connectivity index (χ4n) is 1.86. The van der Waals surface area contributed by atoms with Gasteiger partial charge in [-0.2, -0.15) is 0 Å². The molecule has 2 heterocycles. The van der Waals surface area contributed by atoms with E-state index >= 15 is 0 Å². The quantitative estimate of drug-likeness (QED) is 0.689. The molecule has 2 aromatic heterocycles. The second-order valence-corrected chi connectivity index (χ2v) is 5.52. The highest BCUT2D eigenvalue weighted by atomic mass is 32.1. The van der Waals surface area contributed by atoms with E-state index < -0.39 is 0 Å². The van der Waals surface area contributed by atoms with Crippen molar-refractivity contribution >= 4 is 22.2 Å². The average molecular weight is 271 g/mol. The first-order valence-electron chi connectivity index (χ1n) is 6.08. The third-order valence-corrected chi connectivity index (χ3v) is 3.85. The van der Waals surface area contributed by atoms with Crippen molar-refractivity contribution in [3.8, 4) is 10.6 Å². The molecule has 4 heteroatoms. The monoisotopic (exact) mass is 271 g/mol. The number of aromatic nitrogens is 2. The largest absolute Gasteiger partial charge is 0.245 e. The van der Waals surface area contributed by atoms with E-state index in [1.807, 2.05) is 11.4 Å². The van der Waals surface area contributed by atoms with E-state index in [2.05, 4.69) is 30.0 Å². The van der Waals surface area contributed by atoms with Crippen LogP contribution in [-0.2, 0) is 0 Å². The molecule has 1 radical (unpaired) electrons. The van der Waals surface area contributed by atoms with Crippen LogP contribution in [0.15, 0.2) is 29.6 Å². The van der Waals surface area contributed by atoms with Crippen molar-refractivity contribution in [3.05, 3.63) is 47.4 Å². The van der Waals surface area contributed by atoms with Crippen LogP contribution in [0, 0.1) is 12.0 Å². The summed E-state index contributed by atoms with van der Waals surface area (Å²) in [5, 5.41) is 3.11. The highest BCUT2D eigenvalue weighted by molar-refractivity contribution is 7.13. The van der Waals surface area contributed by atoms with Crippen LogP contribution >= 0.6 is 11.3 Å². The lowest BCUT2D eigenvalue weighted by Crippen LogP contribution is -1.91. The van der Waals surface area contributed by atoms with Gasteiger partial charge in [0.15, 0.2) is 0 Å². The van der Waals surface area contributed by atoms with E-state index in [-0.39, 0.29) is 5.82 Å². The first kappa shape index (κ1) is 12.2. The SMILES string of the molecule is CC(C)c1csc(-c2[c]nc3ccccc3c2F)n1. The standard InChI is InChI=1S/C15H12FN2S/c1-9(2)13-8-19-15(18-13)11-7-17-12-6-4-3-5-10(12)14(11)16/h3-6,8-9H,1-2H3. The van der Waals surface area contributed by atoms with Gasteiger partial charge in [-0.1, -0.05) is 26.0 Å². The minimum absolute atomic E-state index is 0.296. The summed E-state index contributed by atoms with van der Waals surface area (Å²) < 4.78 is 14.5. The van der Waals surface area contributed by atoms with Crippen LogP contribution < -0.4 is 0 Å². The number of benzene rings is 1. The van der Waals surface area contributed by atoms with Gasteiger partial charge in [-0.15, -0.1) is 11.3 Å². The summed E-state index contributed by atoms with van der Waals surface area (Å²) in [6.07, 6.45) is 2.77. The summed E-state index contributed by atoms with van der Waals surface area (Å²) in [5.41, 5.74) is 1.95. The predicted molar refractivity (Wildman–Crippen MR) is 75.7 cm³/mol. The molecule has 0 atom stereocenters.